The van der Waals surface area contributed by atoms with Crippen molar-refractivity contribution >= 4 is 24.9 Å². The second-order valence-electron chi connectivity index (χ2n) is 7.90. The average molecular weight is 417 g/mol. The minimum Gasteiger partial charge on any atom is -0.264 e. The van der Waals surface area contributed by atoms with Gasteiger partial charge in [-0.15, -0.1) is 0 Å². The number of benzene rings is 2. The van der Waals surface area contributed by atoms with E-state index in [-0.39, 0.29) is 5.28 Å². The van der Waals surface area contributed by atoms with E-state index in [1.165, 1.54) is 5.19 Å². The van der Waals surface area contributed by atoms with Gasteiger partial charge >= 0.3 is 0 Å². The van der Waals surface area contributed by atoms with E-state index in [1.807, 2.05) is 42.6 Å². The third-order valence-electron chi connectivity index (χ3n) is 4.76. The molecule has 0 amide bonds. The number of hydrogen-bond acceptors (Lipinski definition) is 4. The van der Waals surface area contributed by atoms with Gasteiger partial charge in [-0.05, 0) is 28.8 Å². The summed E-state index contributed by atoms with van der Waals surface area (Å²) in [7, 11) is -1.35. The van der Waals surface area contributed by atoms with Gasteiger partial charge in [0.25, 0.3) is 0 Å². The Hall–Kier alpha value is -2.89. The summed E-state index contributed by atoms with van der Waals surface area (Å²) in [5, 5.41) is 1.59. The van der Waals surface area contributed by atoms with E-state index in [9.17, 15) is 0 Å². The van der Waals surface area contributed by atoms with E-state index in [0.717, 1.165) is 22.3 Å². The molecule has 0 saturated heterocycles. The maximum absolute atomic E-state index is 6.22. The number of aromatic nitrogens is 4. The molecule has 0 radical (unpaired) electrons. The molecule has 0 unspecified atom stereocenters. The van der Waals surface area contributed by atoms with Crippen molar-refractivity contribution in [1.82, 2.24) is 19.9 Å². The Bertz CT molecular complexity index is 1120. The molecule has 0 spiro atoms. The Labute approximate surface area is 176 Å². The summed E-state index contributed by atoms with van der Waals surface area (Å²) < 4.78 is 0. The van der Waals surface area contributed by atoms with Gasteiger partial charge < -0.3 is 0 Å². The molecule has 4 aromatic rings. The summed E-state index contributed by atoms with van der Waals surface area (Å²) in [5.41, 5.74) is 3.98. The highest BCUT2D eigenvalue weighted by atomic mass is 35.5. The van der Waals surface area contributed by atoms with Crippen LogP contribution in [0.2, 0.25) is 24.9 Å². The third-order valence-corrected chi connectivity index (χ3v) is 6.99. The zero-order chi connectivity index (χ0) is 20.4. The summed E-state index contributed by atoms with van der Waals surface area (Å²) in [4.78, 5) is 17.5. The number of nitrogens with zero attached hydrogens (tertiary/aromatic N) is 4. The summed E-state index contributed by atoms with van der Waals surface area (Å²) >= 11 is 6.22. The van der Waals surface area contributed by atoms with Gasteiger partial charge in [-0.2, -0.15) is 9.97 Å². The molecule has 2 aromatic carbocycles. The fourth-order valence-electron chi connectivity index (χ4n) is 3.07. The maximum Gasteiger partial charge on any atom is 0.226 e. The van der Waals surface area contributed by atoms with E-state index in [4.69, 9.17) is 11.6 Å². The zero-order valence-corrected chi connectivity index (χ0v) is 18.4. The molecule has 0 atom stereocenters. The molecule has 6 heteroatoms. The average Bonchev–Trinajstić information content (AvgIpc) is 2.73. The molecule has 0 aliphatic heterocycles. The second kappa shape index (κ2) is 7.85. The Morgan fingerprint density at radius 3 is 1.72 bits per heavy atom. The van der Waals surface area contributed by atoms with E-state index in [2.05, 4.69) is 63.8 Å². The van der Waals surface area contributed by atoms with E-state index in [0.29, 0.717) is 11.6 Å². The first-order valence-corrected chi connectivity index (χ1v) is 13.3. The topological polar surface area (TPSA) is 51.6 Å². The van der Waals surface area contributed by atoms with Gasteiger partial charge in [0.2, 0.25) is 5.28 Å². The zero-order valence-electron chi connectivity index (χ0n) is 16.6. The Balaban J connectivity index is 1.67. The monoisotopic (exact) mass is 416 g/mol. The first kappa shape index (κ1) is 19.4. The van der Waals surface area contributed by atoms with Crippen molar-refractivity contribution in [2.45, 2.75) is 19.6 Å². The van der Waals surface area contributed by atoms with Gasteiger partial charge in [-0.3, -0.25) is 4.98 Å². The van der Waals surface area contributed by atoms with Crippen LogP contribution in [0.5, 0.6) is 0 Å². The van der Waals surface area contributed by atoms with Crippen molar-refractivity contribution in [3.63, 3.8) is 0 Å². The largest absolute Gasteiger partial charge is 0.264 e. The summed E-state index contributed by atoms with van der Waals surface area (Å²) in [6, 6.07) is 20.5. The predicted octanol–water partition coefficient (Wildman–Crippen LogP) is 5.47. The minimum absolute atomic E-state index is 0.190. The van der Waals surface area contributed by atoms with Gasteiger partial charge in [0, 0.05) is 23.5 Å². The molecule has 0 bridgehead atoms. The first-order chi connectivity index (χ1) is 13.9. The van der Waals surface area contributed by atoms with Crippen LogP contribution in [0.15, 0.2) is 73.1 Å². The molecule has 0 saturated carbocycles. The minimum atomic E-state index is -1.35. The molecule has 4 rings (SSSR count). The number of pyridine rings is 1. The smallest absolute Gasteiger partial charge is 0.226 e. The molecule has 29 heavy (non-hydrogen) atoms. The van der Waals surface area contributed by atoms with Crippen molar-refractivity contribution < 1.29 is 0 Å². The first-order valence-electron chi connectivity index (χ1n) is 9.43. The Morgan fingerprint density at radius 2 is 1.21 bits per heavy atom. The molecule has 0 N–H and O–H groups in total. The lowest BCUT2D eigenvalue weighted by atomic mass is 10.1. The summed E-state index contributed by atoms with van der Waals surface area (Å²) in [6.45, 7) is 6.99. The highest BCUT2D eigenvalue weighted by molar-refractivity contribution is 6.88. The summed E-state index contributed by atoms with van der Waals surface area (Å²) in [5.74, 6) is 1.14. The molecule has 0 aliphatic carbocycles. The van der Waals surface area contributed by atoms with Crippen LogP contribution in [0.1, 0.15) is 0 Å². The van der Waals surface area contributed by atoms with Gasteiger partial charge in [-0.25, -0.2) is 4.98 Å². The van der Waals surface area contributed by atoms with Crippen molar-refractivity contribution in [3.05, 3.63) is 78.3 Å². The van der Waals surface area contributed by atoms with Gasteiger partial charge in [-0.1, -0.05) is 79.4 Å². The van der Waals surface area contributed by atoms with E-state index < -0.39 is 8.07 Å². The lowest BCUT2D eigenvalue weighted by Crippen LogP contribution is -2.37. The third kappa shape index (κ3) is 4.41. The fraction of sp³-hybridized carbons (Fsp3) is 0.130. The number of rotatable bonds is 4. The SMILES string of the molecule is C[Si](C)(C)c1ccc(-c2nc(Cl)nc(-c3ccc(-c4cccnc4)cc3)n2)cc1. The molecule has 2 heterocycles. The van der Waals surface area contributed by atoms with E-state index >= 15 is 0 Å². The number of halogens is 1. The van der Waals surface area contributed by atoms with Gasteiger partial charge in [0.15, 0.2) is 11.6 Å². The highest BCUT2D eigenvalue weighted by Gasteiger charge is 2.16. The lowest BCUT2D eigenvalue weighted by Gasteiger charge is -2.16. The van der Waals surface area contributed by atoms with Crippen LogP contribution < -0.4 is 5.19 Å². The van der Waals surface area contributed by atoms with Crippen LogP contribution in [0.25, 0.3) is 33.9 Å². The van der Waals surface area contributed by atoms with Crippen LogP contribution in [0, 0.1) is 0 Å². The predicted molar refractivity (Wildman–Crippen MR) is 122 cm³/mol. The van der Waals surface area contributed by atoms with Crippen LogP contribution in [-0.4, -0.2) is 28.0 Å². The molecule has 4 nitrogen and oxygen atoms in total. The Kier molecular flexibility index (Phi) is 5.26. The summed E-state index contributed by atoms with van der Waals surface area (Å²) in [6.07, 6.45) is 3.61. The maximum atomic E-state index is 6.22. The van der Waals surface area contributed by atoms with Crippen molar-refractivity contribution in [2.24, 2.45) is 0 Å². The highest BCUT2D eigenvalue weighted by Crippen LogP contribution is 2.25. The van der Waals surface area contributed by atoms with Crippen molar-refractivity contribution in [2.75, 3.05) is 0 Å². The molecule has 0 aliphatic rings. The molecule has 2 aromatic heterocycles. The van der Waals surface area contributed by atoms with Gasteiger partial charge in [0.05, 0.1) is 8.07 Å². The normalized spacial score (nSPS) is 11.4. The molecule has 0 fully saturated rings. The fourth-order valence-corrected chi connectivity index (χ4v) is 4.40. The number of hydrogen-bond donors (Lipinski definition) is 0. The van der Waals surface area contributed by atoms with E-state index in [1.54, 1.807) is 6.20 Å². The Morgan fingerprint density at radius 1 is 0.655 bits per heavy atom. The quantitative estimate of drug-likeness (QED) is 0.414. The van der Waals surface area contributed by atoms with Crippen molar-refractivity contribution in [1.29, 1.82) is 0 Å². The van der Waals surface area contributed by atoms with Crippen LogP contribution in [-0.2, 0) is 0 Å². The van der Waals surface area contributed by atoms with Gasteiger partial charge in [0.1, 0.15) is 0 Å². The van der Waals surface area contributed by atoms with Crippen molar-refractivity contribution in [3.8, 4) is 33.9 Å². The van der Waals surface area contributed by atoms with Crippen LogP contribution in [0.4, 0.5) is 0 Å². The second-order valence-corrected chi connectivity index (χ2v) is 13.3. The molecule has 144 valence electrons. The lowest BCUT2D eigenvalue weighted by molar-refractivity contribution is 1.07. The van der Waals surface area contributed by atoms with Crippen LogP contribution in [0.3, 0.4) is 0 Å². The van der Waals surface area contributed by atoms with Crippen LogP contribution >= 0.6 is 11.6 Å². The standard InChI is InChI=1S/C23H21ClN4Si/c1-29(2,3)20-12-10-18(11-13-20)22-26-21(27-23(24)28-22)17-8-6-16(7-9-17)19-5-4-14-25-15-19/h4-15H,1-3H3. The molecular weight excluding hydrogens is 396 g/mol. The molecular formula is C23H21ClN4Si.